The van der Waals surface area contributed by atoms with Crippen molar-refractivity contribution < 1.29 is 9.53 Å². The number of nitrogens with zero attached hydrogens (tertiary/aromatic N) is 5. The van der Waals surface area contributed by atoms with Crippen LogP contribution in [0.4, 0.5) is 5.82 Å². The van der Waals surface area contributed by atoms with Crippen molar-refractivity contribution in [2.45, 2.75) is 37.9 Å². The third-order valence-corrected chi connectivity index (χ3v) is 7.09. The largest absolute Gasteiger partial charge is 0.484 e. The average Bonchev–Trinajstić information content (AvgIpc) is 3.56. The molecule has 1 aliphatic heterocycles. The zero-order valence-corrected chi connectivity index (χ0v) is 20.8. The van der Waals surface area contributed by atoms with E-state index in [0.29, 0.717) is 18.8 Å². The van der Waals surface area contributed by atoms with E-state index in [1.54, 1.807) is 11.8 Å². The average molecular weight is 491 g/mol. The molecule has 0 bridgehead atoms. The predicted octanol–water partition coefficient (Wildman–Crippen LogP) is 4.28. The van der Waals surface area contributed by atoms with Crippen molar-refractivity contribution in [1.29, 1.82) is 0 Å². The van der Waals surface area contributed by atoms with E-state index in [1.165, 1.54) is 12.8 Å². The lowest BCUT2D eigenvalue weighted by Gasteiger charge is -2.18. The van der Waals surface area contributed by atoms with Gasteiger partial charge in [-0.15, -0.1) is 0 Å². The highest BCUT2D eigenvalue weighted by Crippen LogP contribution is 2.29. The summed E-state index contributed by atoms with van der Waals surface area (Å²) >= 11 is 1.68. The summed E-state index contributed by atoms with van der Waals surface area (Å²) in [5.74, 6) is 2.47. The summed E-state index contributed by atoms with van der Waals surface area (Å²) in [6.07, 6.45) is 5.29. The molecule has 4 aromatic rings. The molecule has 9 heteroatoms. The summed E-state index contributed by atoms with van der Waals surface area (Å²) in [6.45, 7) is 5.13. The molecule has 182 valence electrons. The molecule has 0 aliphatic carbocycles. The fourth-order valence-corrected chi connectivity index (χ4v) is 4.96. The zero-order chi connectivity index (χ0) is 24.0. The highest BCUT2D eigenvalue weighted by molar-refractivity contribution is 7.99. The van der Waals surface area contributed by atoms with Gasteiger partial charge in [0.1, 0.15) is 11.6 Å². The number of carbonyl (C=O) groups is 1. The second-order valence-corrected chi connectivity index (χ2v) is 9.69. The summed E-state index contributed by atoms with van der Waals surface area (Å²) in [7, 11) is 0. The summed E-state index contributed by atoms with van der Waals surface area (Å²) < 4.78 is 7.55. The molecule has 0 spiro atoms. The minimum Gasteiger partial charge on any atom is -0.484 e. The second kappa shape index (κ2) is 10.9. The van der Waals surface area contributed by atoms with Gasteiger partial charge in [0.05, 0.1) is 18.1 Å². The molecule has 35 heavy (non-hydrogen) atoms. The molecule has 1 fully saturated rings. The standard InChI is InChI=1S/C26H30N6O2S/c1-2-15-35-26-29-24(31-12-5-6-13-31)22-17-28-32(25(22)30-26)14-11-27-23(33)18-34-21-10-9-19-7-3-4-8-20(19)16-21/h3-4,7-10,16-17H,2,5-6,11-15,18H2,1H3,(H,27,33). The van der Waals surface area contributed by atoms with E-state index in [2.05, 4.69) is 28.3 Å². The summed E-state index contributed by atoms with van der Waals surface area (Å²) in [5, 5.41) is 11.5. The topological polar surface area (TPSA) is 85.2 Å². The number of thioether (sulfide) groups is 1. The van der Waals surface area contributed by atoms with E-state index in [4.69, 9.17) is 14.7 Å². The van der Waals surface area contributed by atoms with Gasteiger partial charge >= 0.3 is 0 Å². The van der Waals surface area contributed by atoms with Gasteiger partial charge < -0.3 is 15.0 Å². The van der Waals surface area contributed by atoms with Gasteiger partial charge in [-0.2, -0.15) is 5.10 Å². The van der Waals surface area contributed by atoms with Gasteiger partial charge in [-0.1, -0.05) is 49.0 Å². The number of rotatable bonds is 10. The van der Waals surface area contributed by atoms with E-state index in [0.717, 1.165) is 58.0 Å². The van der Waals surface area contributed by atoms with Crippen molar-refractivity contribution in [2.24, 2.45) is 0 Å². The maximum atomic E-state index is 12.4. The molecule has 1 N–H and O–H groups in total. The number of aromatic nitrogens is 4. The normalized spacial score (nSPS) is 13.6. The first-order valence-electron chi connectivity index (χ1n) is 12.2. The maximum absolute atomic E-state index is 12.4. The van der Waals surface area contributed by atoms with Crippen LogP contribution < -0.4 is 15.0 Å². The summed E-state index contributed by atoms with van der Waals surface area (Å²) in [6, 6.07) is 13.9. The van der Waals surface area contributed by atoms with Crippen LogP contribution in [-0.2, 0) is 11.3 Å². The van der Waals surface area contributed by atoms with Crippen LogP contribution in [0.5, 0.6) is 5.75 Å². The Kier molecular flexibility index (Phi) is 7.32. The van der Waals surface area contributed by atoms with Crippen molar-refractivity contribution in [1.82, 2.24) is 25.1 Å². The Morgan fingerprint density at radius 3 is 2.77 bits per heavy atom. The molecule has 0 unspecified atom stereocenters. The minimum absolute atomic E-state index is 0.0305. The Labute approximate surface area is 209 Å². The van der Waals surface area contributed by atoms with Crippen molar-refractivity contribution >= 4 is 45.3 Å². The van der Waals surface area contributed by atoms with E-state index in [1.807, 2.05) is 47.3 Å². The van der Waals surface area contributed by atoms with Crippen molar-refractivity contribution in [3.8, 4) is 5.75 Å². The van der Waals surface area contributed by atoms with Gasteiger partial charge in [0, 0.05) is 25.4 Å². The van der Waals surface area contributed by atoms with Gasteiger partial charge in [-0.05, 0) is 42.2 Å². The van der Waals surface area contributed by atoms with Gasteiger partial charge in [0.2, 0.25) is 0 Å². The van der Waals surface area contributed by atoms with Crippen LogP contribution in [0.2, 0.25) is 0 Å². The predicted molar refractivity (Wildman–Crippen MR) is 140 cm³/mol. The SMILES string of the molecule is CCCSc1nc(N2CCCC2)c2cnn(CCNC(=O)COc3ccc4ccccc4c3)c2n1. The molecule has 1 saturated heterocycles. The highest BCUT2D eigenvalue weighted by Gasteiger charge is 2.20. The summed E-state index contributed by atoms with van der Waals surface area (Å²) in [5.41, 5.74) is 0.821. The lowest BCUT2D eigenvalue weighted by molar-refractivity contribution is -0.123. The van der Waals surface area contributed by atoms with E-state index >= 15 is 0 Å². The molecule has 2 aromatic carbocycles. The Balaban J connectivity index is 1.21. The van der Waals surface area contributed by atoms with Crippen molar-refractivity contribution in [3.05, 3.63) is 48.7 Å². The molecule has 0 atom stereocenters. The molecule has 0 saturated carbocycles. The fourth-order valence-electron chi connectivity index (χ4n) is 4.27. The second-order valence-electron chi connectivity index (χ2n) is 8.62. The number of carbonyl (C=O) groups excluding carboxylic acids is 1. The number of anilines is 1. The van der Waals surface area contributed by atoms with Crippen LogP contribution in [0.25, 0.3) is 21.8 Å². The van der Waals surface area contributed by atoms with E-state index < -0.39 is 0 Å². The lowest BCUT2D eigenvalue weighted by atomic mass is 10.1. The quantitative estimate of drug-likeness (QED) is 0.262. The summed E-state index contributed by atoms with van der Waals surface area (Å²) in [4.78, 5) is 24.3. The fraction of sp³-hybridized carbons (Fsp3) is 0.385. The number of amides is 1. The van der Waals surface area contributed by atoms with Crippen LogP contribution in [0.1, 0.15) is 26.2 Å². The van der Waals surface area contributed by atoms with Crippen LogP contribution in [0.15, 0.2) is 53.8 Å². The maximum Gasteiger partial charge on any atom is 0.258 e. The van der Waals surface area contributed by atoms with Crippen LogP contribution in [0, 0.1) is 0 Å². The number of ether oxygens (including phenoxy) is 1. The number of hydrogen-bond donors (Lipinski definition) is 1. The molecule has 5 rings (SSSR count). The first-order chi connectivity index (χ1) is 17.2. The van der Waals surface area contributed by atoms with Gasteiger partial charge in [0.25, 0.3) is 5.91 Å². The first-order valence-corrected chi connectivity index (χ1v) is 13.2. The molecule has 8 nitrogen and oxygen atoms in total. The number of benzene rings is 2. The van der Waals surface area contributed by atoms with Crippen LogP contribution in [0.3, 0.4) is 0 Å². The van der Waals surface area contributed by atoms with Gasteiger partial charge in [-0.3, -0.25) is 4.79 Å². The van der Waals surface area contributed by atoms with E-state index in [9.17, 15) is 4.79 Å². The van der Waals surface area contributed by atoms with Gasteiger partial charge in [-0.25, -0.2) is 14.6 Å². The zero-order valence-electron chi connectivity index (χ0n) is 19.9. The third-order valence-electron chi connectivity index (χ3n) is 6.03. The molecule has 1 amide bonds. The highest BCUT2D eigenvalue weighted by atomic mass is 32.2. The minimum atomic E-state index is -0.166. The number of hydrogen-bond acceptors (Lipinski definition) is 7. The molecule has 2 aromatic heterocycles. The lowest BCUT2D eigenvalue weighted by Crippen LogP contribution is -2.31. The van der Waals surface area contributed by atoms with Crippen LogP contribution >= 0.6 is 11.8 Å². The monoisotopic (exact) mass is 490 g/mol. The van der Waals surface area contributed by atoms with Crippen molar-refractivity contribution in [3.63, 3.8) is 0 Å². The Hall–Kier alpha value is -3.33. The molecule has 3 heterocycles. The molecular weight excluding hydrogens is 460 g/mol. The smallest absolute Gasteiger partial charge is 0.258 e. The molecule has 0 radical (unpaired) electrons. The Morgan fingerprint density at radius 1 is 1.11 bits per heavy atom. The Bertz CT molecular complexity index is 1320. The molecular formula is C26H30N6O2S. The third kappa shape index (κ3) is 5.51. The van der Waals surface area contributed by atoms with Gasteiger partial charge in [0.15, 0.2) is 17.4 Å². The van der Waals surface area contributed by atoms with Crippen molar-refractivity contribution in [2.75, 3.05) is 36.9 Å². The first kappa shape index (κ1) is 23.4. The van der Waals surface area contributed by atoms with Crippen LogP contribution in [-0.4, -0.2) is 57.6 Å². The Morgan fingerprint density at radius 2 is 1.94 bits per heavy atom. The van der Waals surface area contributed by atoms with E-state index in [-0.39, 0.29) is 12.5 Å². The number of fused-ring (bicyclic) bond motifs is 2. The number of nitrogens with one attached hydrogen (secondary N) is 1. The molecule has 1 aliphatic rings.